The molecular formula is C15H20O3. The van der Waals surface area contributed by atoms with Crippen molar-refractivity contribution in [2.45, 2.75) is 39.9 Å². The van der Waals surface area contributed by atoms with Crippen molar-refractivity contribution in [3.05, 3.63) is 35.9 Å². The topological polar surface area (TPSA) is 35.5 Å². The predicted octanol–water partition coefficient (Wildman–Crippen LogP) is 3.44. The molecule has 0 saturated carbocycles. The molecule has 0 spiro atoms. The summed E-state index contributed by atoms with van der Waals surface area (Å²) in [5.74, 6) is 0.463. The summed E-state index contributed by atoms with van der Waals surface area (Å²) in [6.07, 6.45) is 3.18. The minimum absolute atomic E-state index is 0.0993. The van der Waals surface area contributed by atoms with E-state index in [0.29, 0.717) is 0 Å². The fourth-order valence-corrected chi connectivity index (χ4v) is 1.40. The van der Waals surface area contributed by atoms with Crippen LogP contribution in [0.3, 0.4) is 0 Å². The summed E-state index contributed by atoms with van der Waals surface area (Å²) in [6.45, 7) is 7.59. The van der Waals surface area contributed by atoms with Crippen molar-refractivity contribution in [2.75, 3.05) is 0 Å². The van der Waals surface area contributed by atoms with Gasteiger partial charge in [0.1, 0.15) is 5.75 Å². The van der Waals surface area contributed by atoms with Gasteiger partial charge < -0.3 is 9.47 Å². The first-order valence-corrected chi connectivity index (χ1v) is 6.13. The third-order valence-electron chi connectivity index (χ3n) is 1.99. The molecule has 0 aromatic heterocycles. The summed E-state index contributed by atoms with van der Waals surface area (Å²) >= 11 is 0. The van der Waals surface area contributed by atoms with E-state index in [1.54, 1.807) is 6.08 Å². The highest BCUT2D eigenvalue weighted by Crippen LogP contribution is 2.15. The van der Waals surface area contributed by atoms with E-state index in [1.807, 2.05) is 52.0 Å². The first-order valence-electron chi connectivity index (χ1n) is 6.13. The van der Waals surface area contributed by atoms with E-state index >= 15 is 0 Å². The zero-order valence-corrected chi connectivity index (χ0v) is 11.3. The third kappa shape index (κ3) is 5.53. The molecule has 0 unspecified atom stereocenters. The molecular weight excluding hydrogens is 228 g/mol. The van der Waals surface area contributed by atoms with Crippen LogP contribution in [0.1, 0.15) is 33.3 Å². The lowest BCUT2D eigenvalue weighted by atomic mass is 10.2. The second kappa shape index (κ2) is 6.84. The second-order valence-electron chi connectivity index (χ2n) is 4.56. The van der Waals surface area contributed by atoms with Crippen molar-refractivity contribution < 1.29 is 14.3 Å². The summed E-state index contributed by atoms with van der Waals surface area (Å²) < 4.78 is 10.6. The van der Waals surface area contributed by atoms with E-state index in [2.05, 4.69) is 0 Å². The molecule has 0 heterocycles. The lowest BCUT2D eigenvalue weighted by Gasteiger charge is -2.09. The molecule has 0 aliphatic heterocycles. The molecule has 0 saturated heterocycles. The standard InChI is InChI=1S/C15H20O3/c1-11(2)17-14-7-5-6-13(10-14)8-9-15(16)18-12(3)4/h5-12H,1-4H3. The number of esters is 1. The fourth-order valence-electron chi connectivity index (χ4n) is 1.40. The largest absolute Gasteiger partial charge is 0.491 e. The Morgan fingerprint density at radius 1 is 1.17 bits per heavy atom. The molecule has 3 nitrogen and oxygen atoms in total. The number of hydrogen-bond acceptors (Lipinski definition) is 3. The van der Waals surface area contributed by atoms with E-state index in [1.165, 1.54) is 6.08 Å². The molecule has 0 fully saturated rings. The molecule has 1 aromatic carbocycles. The Hall–Kier alpha value is -1.77. The monoisotopic (exact) mass is 248 g/mol. The van der Waals surface area contributed by atoms with Crippen LogP contribution in [0.4, 0.5) is 0 Å². The molecule has 0 bridgehead atoms. The number of ether oxygens (including phenoxy) is 2. The maximum absolute atomic E-state index is 11.3. The minimum atomic E-state index is -0.333. The highest BCUT2D eigenvalue weighted by Gasteiger charge is 2.01. The first kappa shape index (κ1) is 14.3. The number of benzene rings is 1. The number of carbonyl (C=O) groups is 1. The highest BCUT2D eigenvalue weighted by atomic mass is 16.5. The minimum Gasteiger partial charge on any atom is -0.491 e. The van der Waals surface area contributed by atoms with E-state index in [4.69, 9.17) is 9.47 Å². The van der Waals surface area contributed by atoms with Gasteiger partial charge in [0.2, 0.25) is 0 Å². The Bertz CT molecular complexity index is 420. The van der Waals surface area contributed by atoms with Crippen LogP contribution >= 0.6 is 0 Å². The summed E-state index contributed by atoms with van der Waals surface area (Å²) in [6, 6.07) is 7.58. The van der Waals surface area contributed by atoms with E-state index in [9.17, 15) is 4.79 Å². The Kier molecular flexibility index (Phi) is 5.43. The lowest BCUT2D eigenvalue weighted by molar-refractivity contribution is -0.141. The molecule has 0 amide bonds. The van der Waals surface area contributed by atoms with Crippen LogP contribution in [0.5, 0.6) is 5.75 Å². The van der Waals surface area contributed by atoms with Gasteiger partial charge in [0.05, 0.1) is 12.2 Å². The second-order valence-corrected chi connectivity index (χ2v) is 4.56. The summed E-state index contributed by atoms with van der Waals surface area (Å²) in [5, 5.41) is 0. The van der Waals surface area contributed by atoms with Crippen molar-refractivity contribution in [1.82, 2.24) is 0 Å². The van der Waals surface area contributed by atoms with Crippen molar-refractivity contribution in [1.29, 1.82) is 0 Å². The normalized spacial score (nSPS) is 11.2. The Morgan fingerprint density at radius 2 is 1.89 bits per heavy atom. The van der Waals surface area contributed by atoms with Crippen LogP contribution in [0.2, 0.25) is 0 Å². The number of rotatable bonds is 5. The fraction of sp³-hybridized carbons (Fsp3) is 0.400. The van der Waals surface area contributed by atoms with Gasteiger partial charge in [0.25, 0.3) is 0 Å². The van der Waals surface area contributed by atoms with Crippen LogP contribution < -0.4 is 4.74 Å². The highest BCUT2D eigenvalue weighted by molar-refractivity contribution is 5.87. The Balaban J connectivity index is 2.67. The van der Waals surface area contributed by atoms with Crippen LogP contribution in [0.25, 0.3) is 6.08 Å². The lowest BCUT2D eigenvalue weighted by Crippen LogP contribution is -2.08. The molecule has 0 aliphatic carbocycles. The molecule has 0 N–H and O–H groups in total. The van der Waals surface area contributed by atoms with Crippen molar-refractivity contribution in [2.24, 2.45) is 0 Å². The number of carbonyl (C=O) groups excluding carboxylic acids is 1. The maximum atomic E-state index is 11.3. The average Bonchev–Trinajstić information content (AvgIpc) is 2.25. The van der Waals surface area contributed by atoms with Crippen LogP contribution in [-0.2, 0) is 9.53 Å². The van der Waals surface area contributed by atoms with Gasteiger partial charge in [0, 0.05) is 6.08 Å². The van der Waals surface area contributed by atoms with Crippen LogP contribution in [-0.4, -0.2) is 18.2 Å². The summed E-state index contributed by atoms with van der Waals surface area (Å²) in [7, 11) is 0. The van der Waals surface area contributed by atoms with Gasteiger partial charge in [-0.3, -0.25) is 0 Å². The third-order valence-corrected chi connectivity index (χ3v) is 1.99. The molecule has 0 aliphatic rings. The van der Waals surface area contributed by atoms with E-state index < -0.39 is 0 Å². The van der Waals surface area contributed by atoms with Gasteiger partial charge in [-0.1, -0.05) is 12.1 Å². The van der Waals surface area contributed by atoms with Gasteiger partial charge in [-0.25, -0.2) is 4.79 Å². The van der Waals surface area contributed by atoms with Crippen LogP contribution in [0, 0.1) is 0 Å². The molecule has 0 radical (unpaired) electrons. The van der Waals surface area contributed by atoms with Gasteiger partial charge >= 0.3 is 5.97 Å². The Labute approximate surface area is 108 Å². The van der Waals surface area contributed by atoms with Gasteiger partial charge in [-0.2, -0.15) is 0 Å². The van der Waals surface area contributed by atoms with Gasteiger partial charge in [-0.15, -0.1) is 0 Å². The molecule has 0 atom stereocenters. The number of hydrogen-bond donors (Lipinski definition) is 0. The maximum Gasteiger partial charge on any atom is 0.331 e. The van der Waals surface area contributed by atoms with Crippen molar-refractivity contribution in [3.63, 3.8) is 0 Å². The smallest absolute Gasteiger partial charge is 0.331 e. The molecule has 3 heteroatoms. The molecule has 1 aromatic rings. The summed E-state index contributed by atoms with van der Waals surface area (Å²) in [5.41, 5.74) is 0.911. The zero-order chi connectivity index (χ0) is 13.5. The first-order chi connectivity index (χ1) is 8.47. The predicted molar refractivity (Wildman–Crippen MR) is 72.5 cm³/mol. The quantitative estimate of drug-likeness (QED) is 0.591. The Morgan fingerprint density at radius 3 is 2.50 bits per heavy atom. The van der Waals surface area contributed by atoms with Gasteiger partial charge in [0.15, 0.2) is 0 Å². The van der Waals surface area contributed by atoms with Crippen molar-refractivity contribution in [3.8, 4) is 5.75 Å². The summed E-state index contributed by atoms with van der Waals surface area (Å²) in [4.78, 5) is 11.3. The SMILES string of the molecule is CC(C)OC(=O)C=Cc1cccc(OC(C)C)c1. The van der Waals surface area contributed by atoms with E-state index in [-0.39, 0.29) is 18.2 Å². The molecule has 1 rings (SSSR count). The molecule has 18 heavy (non-hydrogen) atoms. The van der Waals surface area contributed by atoms with E-state index in [0.717, 1.165) is 11.3 Å². The zero-order valence-electron chi connectivity index (χ0n) is 11.3. The van der Waals surface area contributed by atoms with Crippen molar-refractivity contribution >= 4 is 12.0 Å². The average molecular weight is 248 g/mol. The van der Waals surface area contributed by atoms with Gasteiger partial charge in [-0.05, 0) is 51.5 Å². The molecule has 98 valence electrons. The van der Waals surface area contributed by atoms with Crippen LogP contribution in [0.15, 0.2) is 30.3 Å².